The van der Waals surface area contributed by atoms with E-state index in [9.17, 15) is 14.4 Å². The second kappa shape index (κ2) is 9.71. The van der Waals surface area contributed by atoms with Gasteiger partial charge in [-0.1, -0.05) is 30.8 Å². The van der Waals surface area contributed by atoms with Gasteiger partial charge in [0.2, 0.25) is 5.91 Å². The monoisotopic (exact) mass is 431 g/mol. The van der Waals surface area contributed by atoms with Gasteiger partial charge in [0.1, 0.15) is 4.70 Å². The lowest BCUT2D eigenvalue weighted by atomic mass is 10.2. The fraction of sp³-hybridized carbons (Fsp3) is 0.300. The summed E-state index contributed by atoms with van der Waals surface area (Å²) in [5, 5.41) is 5.09. The van der Waals surface area contributed by atoms with E-state index in [0.717, 1.165) is 6.42 Å². The molecule has 0 bridgehead atoms. The molecule has 2 heterocycles. The topological polar surface area (TPSA) is 90.3 Å². The van der Waals surface area contributed by atoms with Gasteiger partial charge in [-0.2, -0.15) is 0 Å². The van der Waals surface area contributed by atoms with Gasteiger partial charge in [0, 0.05) is 6.54 Å². The van der Waals surface area contributed by atoms with Crippen molar-refractivity contribution in [2.45, 2.75) is 32.0 Å². The standard InChI is InChI=1S/C20H21N3O4S2/c1-3-10-23-18(25)17-15(9-11-28-17)22-20(23)29-12-16(24)21-14-8-6-5-7-13(14)19(26)27-4-2/h5-9,11H,3-4,10,12H2,1-2H3,(H,21,24). The molecule has 1 amide bonds. The van der Waals surface area contributed by atoms with Gasteiger partial charge >= 0.3 is 5.97 Å². The van der Waals surface area contributed by atoms with Crippen LogP contribution in [0.4, 0.5) is 5.69 Å². The third kappa shape index (κ3) is 4.86. The summed E-state index contributed by atoms with van der Waals surface area (Å²) in [7, 11) is 0. The summed E-state index contributed by atoms with van der Waals surface area (Å²) >= 11 is 2.57. The van der Waals surface area contributed by atoms with Crippen molar-refractivity contribution < 1.29 is 14.3 Å². The Morgan fingerprint density at radius 2 is 2.03 bits per heavy atom. The molecule has 9 heteroatoms. The number of para-hydroxylation sites is 1. The molecule has 0 aliphatic carbocycles. The van der Waals surface area contributed by atoms with Crippen LogP contribution in [0.5, 0.6) is 0 Å². The highest BCUT2D eigenvalue weighted by Gasteiger charge is 2.16. The lowest BCUT2D eigenvalue weighted by Crippen LogP contribution is -2.23. The lowest BCUT2D eigenvalue weighted by molar-refractivity contribution is -0.113. The van der Waals surface area contributed by atoms with E-state index in [-0.39, 0.29) is 23.8 Å². The van der Waals surface area contributed by atoms with Crippen molar-refractivity contribution in [3.63, 3.8) is 0 Å². The minimum Gasteiger partial charge on any atom is -0.462 e. The second-order valence-electron chi connectivity index (χ2n) is 6.09. The van der Waals surface area contributed by atoms with E-state index in [1.54, 1.807) is 41.8 Å². The predicted octanol–water partition coefficient (Wildman–Crippen LogP) is 3.78. The van der Waals surface area contributed by atoms with Gasteiger partial charge in [0.25, 0.3) is 5.56 Å². The van der Waals surface area contributed by atoms with Crippen LogP contribution in [0.1, 0.15) is 30.6 Å². The van der Waals surface area contributed by atoms with E-state index in [1.165, 1.54) is 23.1 Å². The molecular weight excluding hydrogens is 410 g/mol. The summed E-state index contributed by atoms with van der Waals surface area (Å²) in [4.78, 5) is 41.8. The molecule has 0 aliphatic rings. The number of fused-ring (bicyclic) bond motifs is 1. The van der Waals surface area contributed by atoms with Gasteiger partial charge in [-0.15, -0.1) is 11.3 Å². The van der Waals surface area contributed by atoms with Gasteiger partial charge in [-0.05, 0) is 36.9 Å². The second-order valence-corrected chi connectivity index (χ2v) is 7.95. The first-order valence-corrected chi connectivity index (χ1v) is 11.1. The third-order valence-corrected chi connectivity index (χ3v) is 5.87. The quantitative estimate of drug-likeness (QED) is 0.332. The van der Waals surface area contributed by atoms with Crippen molar-refractivity contribution in [1.29, 1.82) is 0 Å². The number of hydrogen-bond acceptors (Lipinski definition) is 7. The summed E-state index contributed by atoms with van der Waals surface area (Å²) < 4.78 is 7.26. The van der Waals surface area contributed by atoms with Gasteiger partial charge in [-0.25, -0.2) is 9.78 Å². The van der Waals surface area contributed by atoms with E-state index in [0.29, 0.717) is 33.2 Å². The molecular formula is C20H21N3O4S2. The van der Waals surface area contributed by atoms with Gasteiger partial charge in [0.15, 0.2) is 5.16 Å². The first-order chi connectivity index (χ1) is 14.0. The van der Waals surface area contributed by atoms with E-state index < -0.39 is 5.97 Å². The number of nitrogens with zero attached hydrogens (tertiary/aromatic N) is 2. The van der Waals surface area contributed by atoms with Gasteiger partial charge < -0.3 is 10.1 Å². The van der Waals surface area contributed by atoms with Crippen molar-refractivity contribution in [2.75, 3.05) is 17.7 Å². The zero-order valence-corrected chi connectivity index (χ0v) is 17.8. The van der Waals surface area contributed by atoms with Crippen LogP contribution in [0.2, 0.25) is 0 Å². The van der Waals surface area contributed by atoms with Crippen LogP contribution >= 0.6 is 23.1 Å². The number of rotatable bonds is 8. The van der Waals surface area contributed by atoms with Crippen molar-refractivity contribution >= 4 is 50.9 Å². The number of ether oxygens (including phenoxy) is 1. The molecule has 1 N–H and O–H groups in total. The highest BCUT2D eigenvalue weighted by Crippen LogP contribution is 2.22. The largest absolute Gasteiger partial charge is 0.462 e. The van der Waals surface area contributed by atoms with E-state index in [2.05, 4.69) is 10.3 Å². The van der Waals surface area contributed by atoms with Crippen LogP contribution in [-0.2, 0) is 16.1 Å². The highest BCUT2D eigenvalue weighted by atomic mass is 32.2. The number of carbonyl (C=O) groups is 2. The van der Waals surface area contributed by atoms with Crippen LogP contribution in [0, 0.1) is 0 Å². The first kappa shape index (κ1) is 21.1. The van der Waals surface area contributed by atoms with E-state index >= 15 is 0 Å². The average molecular weight is 432 g/mol. The Hall–Kier alpha value is -2.65. The summed E-state index contributed by atoms with van der Waals surface area (Å²) in [5.41, 5.74) is 1.25. The van der Waals surface area contributed by atoms with Crippen molar-refractivity contribution in [1.82, 2.24) is 9.55 Å². The molecule has 0 saturated heterocycles. The highest BCUT2D eigenvalue weighted by molar-refractivity contribution is 7.99. The Bertz CT molecular complexity index is 1090. The summed E-state index contributed by atoms with van der Waals surface area (Å²) in [5.74, 6) is -0.727. The SMILES string of the molecule is CCCn1c(SCC(=O)Nc2ccccc2C(=O)OCC)nc2ccsc2c1=O. The van der Waals surface area contributed by atoms with Crippen LogP contribution in [0.25, 0.3) is 10.2 Å². The van der Waals surface area contributed by atoms with Crippen LogP contribution in [0.15, 0.2) is 45.7 Å². The van der Waals surface area contributed by atoms with Gasteiger partial charge in [0.05, 0.1) is 29.1 Å². The number of hydrogen-bond donors (Lipinski definition) is 1. The Balaban J connectivity index is 1.76. The molecule has 3 rings (SSSR count). The first-order valence-electron chi connectivity index (χ1n) is 9.22. The molecule has 29 heavy (non-hydrogen) atoms. The molecule has 0 atom stereocenters. The molecule has 0 unspecified atom stereocenters. The average Bonchev–Trinajstić information content (AvgIpc) is 3.18. The molecule has 0 spiro atoms. The maximum atomic E-state index is 12.7. The molecule has 7 nitrogen and oxygen atoms in total. The fourth-order valence-electron chi connectivity index (χ4n) is 2.75. The minimum atomic E-state index is -0.489. The molecule has 0 fully saturated rings. The third-order valence-electron chi connectivity index (χ3n) is 4.01. The molecule has 0 saturated carbocycles. The number of amides is 1. The Morgan fingerprint density at radius 3 is 2.79 bits per heavy atom. The van der Waals surface area contributed by atoms with Crippen LogP contribution in [-0.4, -0.2) is 33.8 Å². The molecule has 0 aliphatic heterocycles. The Labute approximate surface area is 176 Å². The predicted molar refractivity (Wildman–Crippen MR) is 116 cm³/mol. The van der Waals surface area contributed by atoms with Crippen molar-refractivity contribution in [3.8, 4) is 0 Å². The summed E-state index contributed by atoms with van der Waals surface area (Å²) in [6, 6.07) is 8.50. The molecule has 1 aromatic carbocycles. The summed E-state index contributed by atoms with van der Waals surface area (Å²) in [6.07, 6.45) is 0.783. The zero-order valence-electron chi connectivity index (χ0n) is 16.1. The Morgan fingerprint density at radius 1 is 1.24 bits per heavy atom. The zero-order chi connectivity index (χ0) is 20.8. The maximum absolute atomic E-state index is 12.7. The maximum Gasteiger partial charge on any atom is 0.340 e. The minimum absolute atomic E-state index is 0.0585. The van der Waals surface area contributed by atoms with Crippen LogP contribution in [0.3, 0.4) is 0 Å². The number of esters is 1. The smallest absolute Gasteiger partial charge is 0.340 e. The Kier molecular flexibility index (Phi) is 7.05. The number of benzene rings is 1. The number of thiophene rings is 1. The van der Waals surface area contributed by atoms with E-state index in [4.69, 9.17) is 4.74 Å². The molecule has 2 aromatic heterocycles. The summed E-state index contributed by atoms with van der Waals surface area (Å²) in [6.45, 7) is 4.50. The molecule has 3 aromatic rings. The van der Waals surface area contributed by atoms with Crippen LogP contribution < -0.4 is 10.9 Å². The molecule has 152 valence electrons. The number of anilines is 1. The number of aromatic nitrogens is 2. The van der Waals surface area contributed by atoms with Crippen molar-refractivity contribution in [2.24, 2.45) is 0 Å². The number of nitrogens with one attached hydrogen (secondary N) is 1. The van der Waals surface area contributed by atoms with Gasteiger partial charge in [-0.3, -0.25) is 14.2 Å². The molecule has 0 radical (unpaired) electrons. The van der Waals surface area contributed by atoms with E-state index in [1.807, 2.05) is 12.3 Å². The number of carbonyl (C=O) groups excluding carboxylic acids is 2. The fourth-order valence-corrected chi connectivity index (χ4v) is 4.35. The lowest BCUT2D eigenvalue weighted by Gasteiger charge is -2.12. The normalized spacial score (nSPS) is 10.8. The van der Waals surface area contributed by atoms with Crippen molar-refractivity contribution in [3.05, 3.63) is 51.6 Å². The number of thioether (sulfide) groups is 1.